The fourth-order valence-electron chi connectivity index (χ4n) is 5.96. The molecule has 1 saturated heterocycles. The smallest absolute Gasteiger partial charge is 0.336 e. The lowest BCUT2D eigenvalue weighted by Crippen LogP contribution is -2.41. The number of amides is 1. The van der Waals surface area contributed by atoms with E-state index >= 15 is 0 Å². The van der Waals surface area contributed by atoms with Crippen LogP contribution in [0.3, 0.4) is 0 Å². The number of nitrogens with zero attached hydrogens (tertiary/aromatic N) is 1. The molecule has 1 aliphatic heterocycles. The third-order valence-corrected chi connectivity index (χ3v) is 7.99. The van der Waals surface area contributed by atoms with Crippen molar-refractivity contribution in [3.05, 3.63) is 95.6 Å². The number of aromatic carboxylic acids is 1. The number of nitrogens with one attached hydrogen (secondary N) is 1. The van der Waals surface area contributed by atoms with Crippen LogP contribution in [0.15, 0.2) is 78.9 Å². The lowest BCUT2D eigenvalue weighted by molar-refractivity contribution is -0.145. The van der Waals surface area contributed by atoms with Crippen molar-refractivity contribution in [2.24, 2.45) is 5.92 Å². The summed E-state index contributed by atoms with van der Waals surface area (Å²) in [4.78, 5) is 44.0. The Balaban J connectivity index is 1.15. The van der Waals surface area contributed by atoms with Gasteiger partial charge in [0.2, 0.25) is 5.91 Å². The molecule has 1 amide bonds. The first kappa shape index (κ1) is 26.6. The normalized spacial score (nSPS) is 22.2. The summed E-state index contributed by atoms with van der Waals surface area (Å²) in [5.41, 5.74) is 5.70. The minimum absolute atomic E-state index is 0.0642. The molecule has 39 heavy (non-hydrogen) atoms. The van der Waals surface area contributed by atoms with Crippen molar-refractivity contribution in [3.63, 3.8) is 0 Å². The van der Waals surface area contributed by atoms with Crippen molar-refractivity contribution in [2.75, 3.05) is 13.1 Å². The molecule has 8 heteroatoms. The standard InChI is InChI=1S/C31H32N2O6/c34-28(35)26-14-12-23(21-8-3-1-4-9-21)18-25(26)20-39-32-16-7-17-33-30(38)31(33)19-24(13-15-27(31)29(36)37)22-10-5-2-6-11-22/h1-6,8-12,14,18,24,27,32H,7,13,15-17,19-20H2,(H,34,35)(H,36,37). The van der Waals surface area contributed by atoms with E-state index in [0.717, 1.165) is 23.1 Å². The lowest BCUT2D eigenvalue weighted by atomic mass is 9.71. The molecule has 202 valence electrons. The van der Waals surface area contributed by atoms with Crippen LogP contribution in [0.5, 0.6) is 0 Å². The molecule has 0 bridgehead atoms. The zero-order valence-electron chi connectivity index (χ0n) is 21.6. The molecule has 1 saturated carbocycles. The van der Waals surface area contributed by atoms with E-state index in [2.05, 4.69) is 5.48 Å². The van der Waals surface area contributed by atoms with Crippen molar-refractivity contribution in [1.82, 2.24) is 10.4 Å². The predicted molar refractivity (Wildman–Crippen MR) is 145 cm³/mol. The van der Waals surface area contributed by atoms with Crippen molar-refractivity contribution in [1.29, 1.82) is 0 Å². The van der Waals surface area contributed by atoms with Gasteiger partial charge in [-0.05, 0) is 66.0 Å². The topological polar surface area (TPSA) is 116 Å². The summed E-state index contributed by atoms with van der Waals surface area (Å²) in [6.45, 7) is 0.930. The molecule has 2 fully saturated rings. The molecule has 2 aliphatic rings. The number of carbonyl (C=O) groups excluding carboxylic acids is 1. The van der Waals surface area contributed by atoms with Crippen LogP contribution in [0.25, 0.3) is 11.1 Å². The number of carboxylic acid groups (broad SMARTS) is 2. The second-order valence-corrected chi connectivity index (χ2v) is 10.2. The number of hydroxylamine groups is 1. The van der Waals surface area contributed by atoms with Crippen molar-refractivity contribution in [3.8, 4) is 11.1 Å². The molecule has 1 heterocycles. The van der Waals surface area contributed by atoms with E-state index in [4.69, 9.17) is 4.84 Å². The van der Waals surface area contributed by atoms with Crippen LogP contribution in [0.4, 0.5) is 0 Å². The van der Waals surface area contributed by atoms with Gasteiger partial charge in [-0.1, -0.05) is 66.7 Å². The van der Waals surface area contributed by atoms with E-state index in [1.54, 1.807) is 17.0 Å². The molecule has 3 aromatic carbocycles. The Morgan fingerprint density at radius 2 is 1.67 bits per heavy atom. The van der Waals surface area contributed by atoms with Crippen LogP contribution in [0.1, 0.15) is 53.1 Å². The number of aliphatic carboxylic acids is 1. The largest absolute Gasteiger partial charge is 0.481 e. The van der Waals surface area contributed by atoms with Gasteiger partial charge in [-0.3, -0.25) is 14.4 Å². The van der Waals surface area contributed by atoms with Gasteiger partial charge in [-0.25, -0.2) is 10.3 Å². The van der Waals surface area contributed by atoms with Gasteiger partial charge in [0.1, 0.15) is 5.54 Å². The molecule has 3 unspecified atom stereocenters. The van der Waals surface area contributed by atoms with Crippen LogP contribution < -0.4 is 5.48 Å². The average molecular weight is 529 g/mol. The Morgan fingerprint density at radius 3 is 2.36 bits per heavy atom. The summed E-state index contributed by atoms with van der Waals surface area (Å²) < 4.78 is 0. The summed E-state index contributed by atoms with van der Waals surface area (Å²) in [6.07, 6.45) is 2.33. The zero-order valence-corrected chi connectivity index (χ0v) is 21.6. The first-order chi connectivity index (χ1) is 18.9. The zero-order chi connectivity index (χ0) is 27.4. The maximum Gasteiger partial charge on any atom is 0.336 e. The highest BCUT2D eigenvalue weighted by Crippen LogP contribution is 2.54. The summed E-state index contributed by atoms with van der Waals surface area (Å²) in [6, 6.07) is 24.9. The van der Waals surface area contributed by atoms with Crippen LogP contribution >= 0.6 is 0 Å². The quantitative estimate of drug-likeness (QED) is 0.187. The maximum absolute atomic E-state index is 13.0. The summed E-state index contributed by atoms with van der Waals surface area (Å²) >= 11 is 0. The van der Waals surface area contributed by atoms with E-state index in [9.17, 15) is 24.6 Å². The van der Waals surface area contributed by atoms with Gasteiger partial charge >= 0.3 is 11.9 Å². The van der Waals surface area contributed by atoms with E-state index < -0.39 is 23.4 Å². The summed E-state index contributed by atoms with van der Waals surface area (Å²) in [5.74, 6) is -2.55. The fraction of sp³-hybridized carbons (Fsp3) is 0.323. The number of hydrogen-bond donors (Lipinski definition) is 3. The molecule has 3 atom stereocenters. The van der Waals surface area contributed by atoms with Gasteiger partial charge in [0.05, 0.1) is 18.1 Å². The number of hydrogen-bond acceptors (Lipinski definition) is 5. The summed E-state index contributed by atoms with van der Waals surface area (Å²) in [7, 11) is 0. The predicted octanol–water partition coefficient (Wildman–Crippen LogP) is 4.71. The molecule has 0 radical (unpaired) electrons. The molecule has 1 spiro atoms. The van der Waals surface area contributed by atoms with Gasteiger partial charge < -0.3 is 15.1 Å². The fourth-order valence-corrected chi connectivity index (χ4v) is 5.96. The highest BCUT2D eigenvalue weighted by molar-refractivity contribution is 6.06. The Labute approximate surface area is 227 Å². The molecular formula is C31H32N2O6. The Hall–Kier alpha value is -4.01. The van der Waals surface area contributed by atoms with Crippen molar-refractivity contribution < 1.29 is 29.4 Å². The van der Waals surface area contributed by atoms with E-state index in [-0.39, 0.29) is 24.0 Å². The van der Waals surface area contributed by atoms with Crippen molar-refractivity contribution >= 4 is 17.8 Å². The minimum Gasteiger partial charge on any atom is -0.481 e. The average Bonchev–Trinajstić information content (AvgIpc) is 3.50. The molecule has 5 rings (SSSR count). The van der Waals surface area contributed by atoms with Crippen LogP contribution in [-0.4, -0.2) is 51.6 Å². The van der Waals surface area contributed by atoms with Gasteiger partial charge in [0.15, 0.2) is 0 Å². The Kier molecular flexibility index (Phi) is 7.77. The van der Waals surface area contributed by atoms with E-state index in [1.165, 1.54) is 0 Å². The second kappa shape index (κ2) is 11.4. The number of carbonyl (C=O) groups is 3. The molecule has 3 aromatic rings. The van der Waals surface area contributed by atoms with E-state index in [0.29, 0.717) is 37.9 Å². The van der Waals surface area contributed by atoms with Crippen molar-refractivity contribution in [2.45, 2.75) is 43.7 Å². The molecular weight excluding hydrogens is 496 g/mol. The van der Waals surface area contributed by atoms with E-state index in [1.807, 2.05) is 66.7 Å². The highest BCUT2D eigenvalue weighted by Gasteiger charge is 2.69. The highest BCUT2D eigenvalue weighted by atomic mass is 16.6. The van der Waals surface area contributed by atoms with Gasteiger partial charge in [0.25, 0.3) is 0 Å². The third-order valence-electron chi connectivity index (χ3n) is 7.99. The van der Waals surface area contributed by atoms with Gasteiger partial charge in [-0.2, -0.15) is 0 Å². The number of carboxylic acids is 2. The SMILES string of the molecule is O=C(O)c1ccc(-c2ccccc2)cc1CONCCCN1C(=O)C12CC(c1ccccc1)CCC2C(=O)O. The summed E-state index contributed by atoms with van der Waals surface area (Å²) in [5, 5.41) is 19.4. The minimum atomic E-state index is -1.02. The second-order valence-electron chi connectivity index (χ2n) is 10.2. The molecule has 0 aromatic heterocycles. The van der Waals surface area contributed by atoms with Gasteiger partial charge in [0, 0.05) is 13.1 Å². The number of rotatable bonds is 11. The Morgan fingerprint density at radius 1 is 0.949 bits per heavy atom. The molecule has 8 nitrogen and oxygen atoms in total. The molecule has 3 N–H and O–H groups in total. The first-order valence-corrected chi connectivity index (χ1v) is 13.3. The lowest BCUT2D eigenvalue weighted by Gasteiger charge is -2.33. The van der Waals surface area contributed by atoms with Crippen LogP contribution in [0.2, 0.25) is 0 Å². The maximum atomic E-state index is 13.0. The number of benzene rings is 3. The first-order valence-electron chi connectivity index (χ1n) is 13.3. The monoisotopic (exact) mass is 528 g/mol. The van der Waals surface area contributed by atoms with Gasteiger partial charge in [-0.15, -0.1) is 0 Å². The Bertz CT molecular complexity index is 1350. The molecule has 1 aliphatic carbocycles. The third kappa shape index (κ3) is 5.44. The van der Waals surface area contributed by atoms with Crippen LogP contribution in [-0.2, 0) is 21.0 Å². The van der Waals surface area contributed by atoms with Crippen LogP contribution in [0, 0.1) is 5.92 Å².